The number of imide groups is 1. The first-order chi connectivity index (χ1) is 23.9. The summed E-state index contributed by atoms with van der Waals surface area (Å²) in [5.74, 6) is 0.341. The van der Waals surface area contributed by atoms with Gasteiger partial charge in [-0.15, -0.1) is 0 Å². The zero-order valence-electron chi connectivity index (χ0n) is 25.8. The highest BCUT2D eigenvalue weighted by molar-refractivity contribution is 6.35. The van der Waals surface area contributed by atoms with E-state index < -0.39 is 23.6 Å². The lowest BCUT2D eigenvalue weighted by molar-refractivity contribution is 0.0923. The van der Waals surface area contributed by atoms with Crippen molar-refractivity contribution in [1.29, 1.82) is 0 Å². The molecule has 9 heteroatoms. The molecule has 0 saturated carbocycles. The van der Waals surface area contributed by atoms with Gasteiger partial charge >= 0.3 is 0 Å². The number of carbonyl (C=O) groups is 4. The molecule has 0 atom stereocenters. The van der Waals surface area contributed by atoms with Gasteiger partial charge in [-0.2, -0.15) is 0 Å². The topological polar surface area (TPSA) is 114 Å². The molecule has 6 aromatic rings. The van der Waals surface area contributed by atoms with Gasteiger partial charge in [0.1, 0.15) is 23.0 Å². The van der Waals surface area contributed by atoms with Gasteiger partial charge in [0.15, 0.2) is 0 Å². The predicted octanol–water partition coefficient (Wildman–Crippen LogP) is 8.58. The van der Waals surface area contributed by atoms with Gasteiger partial charge in [-0.05, 0) is 84.9 Å². The van der Waals surface area contributed by atoms with E-state index >= 15 is 0 Å². The maximum absolute atomic E-state index is 13.6. The fraction of sp³-hybridized carbons (Fsp3) is 0. The number of anilines is 3. The highest BCUT2D eigenvalue weighted by atomic mass is 16.5. The summed E-state index contributed by atoms with van der Waals surface area (Å²) in [6, 6.07) is 43.0. The molecule has 238 valence electrons. The summed E-state index contributed by atoms with van der Waals surface area (Å²) in [7, 11) is 0. The van der Waals surface area contributed by atoms with Crippen molar-refractivity contribution in [2.45, 2.75) is 0 Å². The Morgan fingerprint density at radius 1 is 0.449 bits per heavy atom. The Morgan fingerprint density at radius 3 is 1.51 bits per heavy atom. The van der Waals surface area contributed by atoms with Crippen LogP contribution in [0.3, 0.4) is 0 Å². The number of nitrogens with one attached hydrogen (secondary N) is 2. The van der Waals surface area contributed by atoms with E-state index in [1.54, 1.807) is 66.7 Å². The first-order valence-electron chi connectivity index (χ1n) is 15.3. The number of rotatable bonds is 9. The van der Waals surface area contributed by atoms with Crippen LogP contribution in [0.25, 0.3) is 0 Å². The van der Waals surface area contributed by atoms with E-state index in [1.807, 2.05) is 60.7 Å². The molecule has 0 aliphatic carbocycles. The summed E-state index contributed by atoms with van der Waals surface area (Å²) in [6.45, 7) is 0. The number of hydrogen-bond donors (Lipinski definition) is 2. The predicted molar refractivity (Wildman–Crippen MR) is 186 cm³/mol. The van der Waals surface area contributed by atoms with Crippen LogP contribution in [0.1, 0.15) is 41.4 Å². The van der Waals surface area contributed by atoms with E-state index in [2.05, 4.69) is 10.6 Å². The van der Waals surface area contributed by atoms with Crippen LogP contribution in [0.2, 0.25) is 0 Å². The van der Waals surface area contributed by atoms with Gasteiger partial charge in [0.05, 0.1) is 16.8 Å². The maximum Gasteiger partial charge on any atom is 0.266 e. The molecule has 0 radical (unpaired) electrons. The van der Waals surface area contributed by atoms with Crippen molar-refractivity contribution in [2.24, 2.45) is 0 Å². The number of hydrogen-bond acceptors (Lipinski definition) is 6. The molecular formula is C40H27N3O6. The molecule has 7 rings (SSSR count). The zero-order valence-corrected chi connectivity index (χ0v) is 25.8. The molecule has 1 heterocycles. The van der Waals surface area contributed by atoms with Crippen molar-refractivity contribution in [3.05, 3.63) is 174 Å². The molecule has 1 aliphatic rings. The monoisotopic (exact) mass is 645 g/mol. The van der Waals surface area contributed by atoms with Crippen molar-refractivity contribution >= 4 is 40.7 Å². The van der Waals surface area contributed by atoms with Crippen LogP contribution >= 0.6 is 0 Å². The molecule has 4 amide bonds. The van der Waals surface area contributed by atoms with Gasteiger partial charge in [0, 0.05) is 34.6 Å². The fourth-order valence-electron chi connectivity index (χ4n) is 5.33. The molecule has 6 aromatic carbocycles. The summed E-state index contributed by atoms with van der Waals surface area (Å²) in [5.41, 5.74) is 1.90. The summed E-state index contributed by atoms with van der Waals surface area (Å²) >= 11 is 0. The molecule has 1 aliphatic heterocycles. The second-order valence-electron chi connectivity index (χ2n) is 11.1. The van der Waals surface area contributed by atoms with Crippen LogP contribution in [-0.2, 0) is 0 Å². The van der Waals surface area contributed by atoms with Crippen LogP contribution < -0.4 is 25.0 Å². The Balaban J connectivity index is 1.04. The van der Waals surface area contributed by atoms with Gasteiger partial charge in [-0.3, -0.25) is 19.2 Å². The number of carbonyl (C=O) groups excluding carboxylic acids is 4. The average molecular weight is 646 g/mol. The van der Waals surface area contributed by atoms with E-state index in [1.165, 1.54) is 24.3 Å². The van der Waals surface area contributed by atoms with Crippen LogP contribution in [0.5, 0.6) is 23.0 Å². The van der Waals surface area contributed by atoms with Crippen LogP contribution in [0, 0.1) is 0 Å². The van der Waals surface area contributed by atoms with E-state index in [4.69, 9.17) is 9.47 Å². The molecule has 49 heavy (non-hydrogen) atoms. The van der Waals surface area contributed by atoms with Crippen LogP contribution in [0.4, 0.5) is 17.1 Å². The molecular weight excluding hydrogens is 618 g/mol. The van der Waals surface area contributed by atoms with Gasteiger partial charge in [0.2, 0.25) is 0 Å². The highest BCUT2D eigenvalue weighted by Crippen LogP contribution is 2.31. The van der Waals surface area contributed by atoms with Crippen molar-refractivity contribution in [1.82, 2.24) is 0 Å². The molecule has 0 bridgehead atoms. The minimum absolute atomic E-state index is 0.0869. The lowest BCUT2D eigenvalue weighted by Crippen LogP contribution is -2.29. The van der Waals surface area contributed by atoms with E-state index in [-0.39, 0.29) is 27.9 Å². The molecule has 2 N–H and O–H groups in total. The van der Waals surface area contributed by atoms with E-state index in [9.17, 15) is 19.2 Å². The van der Waals surface area contributed by atoms with Gasteiger partial charge < -0.3 is 20.1 Å². The number of fused-ring (bicyclic) bond motifs is 1. The van der Waals surface area contributed by atoms with Gasteiger partial charge in [-0.1, -0.05) is 54.6 Å². The summed E-state index contributed by atoms with van der Waals surface area (Å²) < 4.78 is 11.7. The Hall–Kier alpha value is -7.00. The SMILES string of the molecule is O=C(Nc1cccc(Oc2ccccc2)c1)c1cccc(N2C(=O)c3ccc(C(=O)Nc4cccc(Oc5ccccc5)c4)cc3C2=O)c1. The first-order valence-corrected chi connectivity index (χ1v) is 15.3. The van der Waals surface area contributed by atoms with Crippen LogP contribution in [-0.4, -0.2) is 23.6 Å². The quantitative estimate of drug-likeness (QED) is 0.152. The van der Waals surface area contributed by atoms with E-state index in [0.29, 0.717) is 34.4 Å². The second-order valence-corrected chi connectivity index (χ2v) is 11.1. The number of nitrogens with zero attached hydrogens (tertiary/aromatic N) is 1. The molecule has 0 spiro atoms. The molecule has 0 saturated heterocycles. The normalized spacial score (nSPS) is 11.9. The minimum atomic E-state index is -0.601. The highest BCUT2D eigenvalue weighted by Gasteiger charge is 2.37. The van der Waals surface area contributed by atoms with E-state index in [0.717, 1.165) is 4.90 Å². The first kappa shape index (κ1) is 30.6. The van der Waals surface area contributed by atoms with Gasteiger partial charge in [0.25, 0.3) is 23.6 Å². The largest absolute Gasteiger partial charge is 0.457 e. The second kappa shape index (κ2) is 13.4. The standard InChI is InChI=1S/C40H27N3O6/c44-37(41-28-11-8-18-33(24-28)48-31-14-3-1-4-15-31)26-10-7-13-30(22-26)43-39(46)35-21-20-27(23-36(35)40(43)47)38(45)42-29-12-9-19-34(25-29)49-32-16-5-2-6-17-32/h1-25H,(H,41,44)(H,42,45). The summed E-state index contributed by atoms with van der Waals surface area (Å²) in [5, 5.41) is 5.66. The zero-order chi connectivity index (χ0) is 33.7. The number of benzene rings is 6. The number of ether oxygens (including phenoxy) is 2. The smallest absolute Gasteiger partial charge is 0.266 e. The Kier molecular flexibility index (Phi) is 8.37. The van der Waals surface area contributed by atoms with Crippen LogP contribution in [0.15, 0.2) is 152 Å². The van der Waals surface area contributed by atoms with Crippen molar-refractivity contribution in [2.75, 3.05) is 15.5 Å². The molecule has 0 fully saturated rings. The lowest BCUT2D eigenvalue weighted by atomic mass is 10.1. The molecule has 0 unspecified atom stereocenters. The Morgan fingerprint density at radius 2 is 0.939 bits per heavy atom. The minimum Gasteiger partial charge on any atom is -0.457 e. The van der Waals surface area contributed by atoms with Crippen molar-refractivity contribution in [3.63, 3.8) is 0 Å². The third-order valence-corrected chi connectivity index (χ3v) is 7.66. The number of para-hydroxylation sites is 2. The Labute approximate surface area is 281 Å². The third kappa shape index (κ3) is 6.77. The molecule has 0 aromatic heterocycles. The molecule has 9 nitrogen and oxygen atoms in total. The van der Waals surface area contributed by atoms with Gasteiger partial charge in [-0.25, -0.2) is 4.90 Å². The lowest BCUT2D eigenvalue weighted by Gasteiger charge is -2.15. The maximum atomic E-state index is 13.6. The summed E-state index contributed by atoms with van der Waals surface area (Å²) in [4.78, 5) is 54.4. The summed E-state index contributed by atoms with van der Waals surface area (Å²) in [6.07, 6.45) is 0. The average Bonchev–Trinajstić information content (AvgIpc) is 3.37. The Bertz CT molecular complexity index is 2220. The third-order valence-electron chi connectivity index (χ3n) is 7.66. The fourth-order valence-corrected chi connectivity index (χ4v) is 5.33. The number of amides is 4. The van der Waals surface area contributed by atoms with Crippen molar-refractivity contribution < 1.29 is 28.7 Å². The van der Waals surface area contributed by atoms with Crippen molar-refractivity contribution in [3.8, 4) is 23.0 Å².